The topological polar surface area (TPSA) is 50.3 Å². The number of hydrogen-bond donors (Lipinski definition) is 0. The molecule has 2 aromatic rings. The zero-order valence-corrected chi connectivity index (χ0v) is 12.1. The molecule has 6 heteroatoms. The van der Waals surface area contributed by atoms with Crippen molar-refractivity contribution in [3.8, 4) is 0 Å². The number of hydrogen-bond acceptors (Lipinski definition) is 3. The van der Waals surface area contributed by atoms with Gasteiger partial charge in [-0.05, 0) is 30.7 Å². The lowest BCUT2D eigenvalue weighted by atomic mass is 10.2. The first-order valence-electron chi connectivity index (χ1n) is 5.59. The smallest absolute Gasteiger partial charge is 0.267 e. The fraction of sp³-hybridized carbons (Fsp3) is 0.154. The molecule has 0 aliphatic rings. The quantitative estimate of drug-likeness (QED) is 0.818. The first kappa shape index (κ1) is 13.8. The fourth-order valence-electron chi connectivity index (χ4n) is 1.76. The van der Waals surface area contributed by atoms with Crippen LogP contribution in [0.2, 0.25) is 5.15 Å². The van der Waals surface area contributed by atoms with Crippen molar-refractivity contribution in [2.24, 2.45) is 0 Å². The Labute approximate surface area is 117 Å². The summed E-state index contributed by atoms with van der Waals surface area (Å²) < 4.78 is 26.2. The van der Waals surface area contributed by atoms with E-state index in [0.29, 0.717) is 5.69 Å². The maximum Gasteiger partial charge on any atom is 0.267 e. The molecule has 1 aromatic heterocycles. The summed E-state index contributed by atoms with van der Waals surface area (Å²) in [7, 11) is -2.21. The molecule has 0 bridgehead atoms. The molecule has 4 nitrogen and oxygen atoms in total. The van der Waals surface area contributed by atoms with E-state index in [2.05, 4.69) is 4.98 Å². The highest BCUT2D eigenvalue weighted by Gasteiger charge is 2.25. The molecule has 0 fully saturated rings. The van der Waals surface area contributed by atoms with E-state index in [0.717, 1.165) is 5.56 Å². The lowest BCUT2D eigenvalue weighted by Crippen LogP contribution is -2.27. The monoisotopic (exact) mass is 296 g/mol. The van der Waals surface area contributed by atoms with Crippen LogP contribution in [0.25, 0.3) is 0 Å². The molecule has 2 rings (SSSR count). The Kier molecular flexibility index (Phi) is 3.78. The predicted molar refractivity (Wildman–Crippen MR) is 76.0 cm³/mol. The van der Waals surface area contributed by atoms with Crippen LogP contribution in [0.5, 0.6) is 0 Å². The van der Waals surface area contributed by atoms with Crippen LogP contribution < -0.4 is 4.31 Å². The SMILES string of the molecule is Cc1ccccc1N(C)S(=O)(=O)c1cccnc1Cl. The average Bonchev–Trinajstić information content (AvgIpc) is 2.39. The van der Waals surface area contributed by atoms with Gasteiger partial charge in [-0.2, -0.15) is 0 Å². The summed E-state index contributed by atoms with van der Waals surface area (Å²) in [6.45, 7) is 1.85. The molecule has 1 heterocycles. The number of nitrogens with zero attached hydrogens (tertiary/aromatic N) is 2. The van der Waals surface area contributed by atoms with Crippen molar-refractivity contribution in [1.29, 1.82) is 0 Å². The van der Waals surface area contributed by atoms with Crippen molar-refractivity contribution in [3.63, 3.8) is 0 Å². The third-order valence-corrected chi connectivity index (χ3v) is 5.03. The van der Waals surface area contributed by atoms with Gasteiger partial charge in [0.2, 0.25) is 0 Å². The predicted octanol–water partition coefficient (Wildman–Crippen LogP) is 2.87. The van der Waals surface area contributed by atoms with Crippen molar-refractivity contribution < 1.29 is 8.42 Å². The Bertz CT molecular complexity index is 701. The van der Waals surface area contributed by atoms with E-state index in [-0.39, 0.29) is 10.0 Å². The van der Waals surface area contributed by atoms with Crippen LogP contribution in [0.15, 0.2) is 47.5 Å². The van der Waals surface area contributed by atoms with E-state index < -0.39 is 10.0 Å². The highest BCUT2D eigenvalue weighted by atomic mass is 35.5. The lowest BCUT2D eigenvalue weighted by molar-refractivity contribution is 0.594. The minimum atomic E-state index is -3.71. The van der Waals surface area contributed by atoms with Gasteiger partial charge in [0, 0.05) is 13.2 Å². The number of rotatable bonds is 3. The van der Waals surface area contributed by atoms with Gasteiger partial charge in [0.05, 0.1) is 5.69 Å². The number of halogens is 1. The molecule has 0 spiro atoms. The van der Waals surface area contributed by atoms with E-state index in [1.807, 2.05) is 19.1 Å². The first-order chi connectivity index (χ1) is 8.94. The molecule has 0 radical (unpaired) electrons. The Balaban J connectivity index is 2.52. The van der Waals surface area contributed by atoms with Gasteiger partial charge in [0.1, 0.15) is 10.0 Å². The van der Waals surface area contributed by atoms with E-state index in [1.165, 1.54) is 23.6 Å². The molecule has 100 valence electrons. The first-order valence-corrected chi connectivity index (χ1v) is 7.41. The zero-order valence-electron chi connectivity index (χ0n) is 10.5. The molecule has 0 saturated heterocycles. The number of aryl methyl sites for hydroxylation is 1. The summed E-state index contributed by atoms with van der Waals surface area (Å²) >= 11 is 5.86. The summed E-state index contributed by atoms with van der Waals surface area (Å²) in [5.41, 5.74) is 1.48. The Morgan fingerprint density at radius 2 is 1.84 bits per heavy atom. The van der Waals surface area contributed by atoms with Crippen LogP contribution in [-0.4, -0.2) is 20.4 Å². The zero-order chi connectivity index (χ0) is 14.0. The normalized spacial score (nSPS) is 11.3. The molecule has 0 aliphatic heterocycles. The molecule has 0 atom stereocenters. The van der Waals surface area contributed by atoms with Crippen molar-refractivity contribution in [1.82, 2.24) is 4.98 Å². The maximum absolute atomic E-state index is 12.5. The minimum Gasteiger partial charge on any atom is -0.269 e. The number of sulfonamides is 1. The van der Waals surface area contributed by atoms with Gasteiger partial charge in [0.15, 0.2) is 0 Å². The van der Waals surface area contributed by atoms with Crippen molar-refractivity contribution >= 4 is 27.3 Å². The van der Waals surface area contributed by atoms with Gasteiger partial charge in [-0.3, -0.25) is 4.31 Å². The minimum absolute atomic E-state index is 0.00224. The second-order valence-electron chi connectivity index (χ2n) is 4.05. The summed E-state index contributed by atoms with van der Waals surface area (Å²) in [5, 5.41) is -0.0251. The molecule has 0 N–H and O–H groups in total. The van der Waals surface area contributed by atoms with E-state index >= 15 is 0 Å². The van der Waals surface area contributed by atoms with Crippen LogP contribution in [0, 0.1) is 6.92 Å². The summed E-state index contributed by atoms with van der Waals surface area (Å²) in [6.07, 6.45) is 1.45. The third-order valence-electron chi connectivity index (χ3n) is 2.82. The Hall–Kier alpha value is -1.59. The standard InChI is InChI=1S/C13H13ClN2O2S/c1-10-6-3-4-7-11(10)16(2)19(17,18)12-8-5-9-15-13(12)14/h3-9H,1-2H3. The van der Waals surface area contributed by atoms with Gasteiger partial charge >= 0.3 is 0 Å². The van der Waals surface area contributed by atoms with Gasteiger partial charge in [0.25, 0.3) is 10.0 Å². The second kappa shape index (κ2) is 5.19. The largest absolute Gasteiger partial charge is 0.269 e. The molecule has 0 aliphatic carbocycles. The van der Waals surface area contributed by atoms with Crippen molar-refractivity contribution in [3.05, 3.63) is 53.3 Å². The average molecular weight is 297 g/mol. The summed E-state index contributed by atoms with van der Waals surface area (Å²) in [5.74, 6) is 0. The molecule has 1 aromatic carbocycles. The summed E-state index contributed by atoms with van der Waals surface area (Å²) in [6, 6.07) is 10.2. The summed E-state index contributed by atoms with van der Waals surface area (Å²) in [4.78, 5) is 3.81. The number of pyridine rings is 1. The molecular weight excluding hydrogens is 284 g/mol. The van der Waals surface area contributed by atoms with Crippen molar-refractivity contribution in [2.45, 2.75) is 11.8 Å². The molecular formula is C13H13ClN2O2S. The van der Waals surface area contributed by atoms with Crippen LogP contribution in [-0.2, 0) is 10.0 Å². The lowest BCUT2D eigenvalue weighted by Gasteiger charge is -2.21. The number of aromatic nitrogens is 1. The number of anilines is 1. The van der Waals surface area contributed by atoms with Crippen LogP contribution in [0.4, 0.5) is 5.69 Å². The molecule has 19 heavy (non-hydrogen) atoms. The Morgan fingerprint density at radius 3 is 2.47 bits per heavy atom. The van der Waals surface area contributed by atoms with Gasteiger partial charge < -0.3 is 0 Å². The Morgan fingerprint density at radius 1 is 1.16 bits per heavy atom. The van der Waals surface area contributed by atoms with Crippen LogP contribution in [0.1, 0.15) is 5.56 Å². The van der Waals surface area contributed by atoms with E-state index in [4.69, 9.17) is 11.6 Å². The third kappa shape index (κ3) is 2.57. The highest BCUT2D eigenvalue weighted by Crippen LogP contribution is 2.27. The molecule has 0 amide bonds. The maximum atomic E-state index is 12.5. The van der Waals surface area contributed by atoms with E-state index in [9.17, 15) is 8.42 Å². The van der Waals surface area contributed by atoms with Gasteiger partial charge in [-0.25, -0.2) is 13.4 Å². The number of para-hydroxylation sites is 1. The van der Waals surface area contributed by atoms with Crippen LogP contribution in [0.3, 0.4) is 0 Å². The second-order valence-corrected chi connectivity index (χ2v) is 6.35. The van der Waals surface area contributed by atoms with Crippen LogP contribution >= 0.6 is 11.6 Å². The van der Waals surface area contributed by atoms with E-state index in [1.54, 1.807) is 18.2 Å². The molecule has 0 saturated carbocycles. The highest BCUT2D eigenvalue weighted by molar-refractivity contribution is 7.93. The van der Waals surface area contributed by atoms with Gasteiger partial charge in [-0.15, -0.1) is 0 Å². The molecule has 0 unspecified atom stereocenters. The fourth-order valence-corrected chi connectivity index (χ4v) is 3.44. The number of benzene rings is 1. The van der Waals surface area contributed by atoms with Gasteiger partial charge in [-0.1, -0.05) is 29.8 Å². The van der Waals surface area contributed by atoms with Crippen molar-refractivity contribution in [2.75, 3.05) is 11.4 Å².